The van der Waals surface area contributed by atoms with Crippen LogP contribution in [0.3, 0.4) is 0 Å². The number of methoxy groups -OCH3 is 1. The molecule has 0 spiro atoms. The Bertz CT molecular complexity index is 851. The van der Waals surface area contributed by atoms with E-state index in [0.717, 1.165) is 22.1 Å². The summed E-state index contributed by atoms with van der Waals surface area (Å²) in [7, 11) is 1.58. The summed E-state index contributed by atoms with van der Waals surface area (Å²) in [5.41, 5.74) is 8.96. The molecule has 0 saturated heterocycles. The van der Waals surface area contributed by atoms with E-state index < -0.39 is 0 Å². The smallest absolute Gasteiger partial charge is 0.187 e. The van der Waals surface area contributed by atoms with Gasteiger partial charge in [-0.15, -0.1) is 11.3 Å². The molecule has 0 amide bonds. The van der Waals surface area contributed by atoms with Crippen LogP contribution in [0, 0.1) is 0 Å². The summed E-state index contributed by atoms with van der Waals surface area (Å²) in [5, 5.41) is 7.01. The SMILES string of the molecule is COc1ccc(Nc2nc(-c3ccc(Cl)c(N)c3)cs2)cc1Cl. The molecule has 118 valence electrons. The highest BCUT2D eigenvalue weighted by atomic mass is 35.5. The maximum atomic E-state index is 6.12. The van der Waals surface area contributed by atoms with E-state index in [1.807, 2.05) is 23.6 Å². The van der Waals surface area contributed by atoms with Gasteiger partial charge in [0.2, 0.25) is 0 Å². The Labute approximate surface area is 147 Å². The number of hydrogen-bond donors (Lipinski definition) is 2. The molecule has 0 fully saturated rings. The Kier molecular flexibility index (Phi) is 4.61. The average molecular weight is 366 g/mol. The molecule has 7 heteroatoms. The van der Waals surface area contributed by atoms with Crippen molar-refractivity contribution in [3.63, 3.8) is 0 Å². The van der Waals surface area contributed by atoms with Crippen molar-refractivity contribution >= 4 is 51.0 Å². The number of anilines is 3. The van der Waals surface area contributed by atoms with Crippen molar-refractivity contribution in [1.82, 2.24) is 4.98 Å². The number of nitrogens with two attached hydrogens (primary N) is 1. The van der Waals surface area contributed by atoms with E-state index in [1.165, 1.54) is 11.3 Å². The minimum Gasteiger partial charge on any atom is -0.495 e. The molecule has 0 bridgehead atoms. The summed E-state index contributed by atoms with van der Waals surface area (Å²) in [6, 6.07) is 10.9. The summed E-state index contributed by atoms with van der Waals surface area (Å²) in [6.45, 7) is 0. The lowest BCUT2D eigenvalue weighted by Gasteiger charge is -2.06. The van der Waals surface area contributed by atoms with Crippen molar-refractivity contribution in [3.05, 3.63) is 51.8 Å². The van der Waals surface area contributed by atoms with E-state index in [4.69, 9.17) is 33.7 Å². The van der Waals surface area contributed by atoms with Gasteiger partial charge in [-0.3, -0.25) is 0 Å². The Balaban J connectivity index is 1.81. The van der Waals surface area contributed by atoms with Crippen molar-refractivity contribution in [3.8, 4) is 17.0 Å². The Morgan fingerprint density at radius 3 is 2.65 bits per heavy atom. The standard InChI is InChI=1S/C16H13Cl2N3OS/c1-22-15-5-3-10(7-12(15)18)20-16-21-14(8-23-16)9-2-4-11(17)13(19)6-9/h2-8H,19H2,1H3,(H,20,21). The van der Waals surface area contributed by atoms with Crippen molar-refractivity contribution < 1.29 is 4.74 Å². The fourth-order valence-corrected chi connectivity index (χ4v) is 3.15. The van der Waals surface area contributed by atoms with Crippen LogP contribution in [0.25, 0.3) is 11.3 Å². The number of nitrogens with zero attached hydrogens (tertiary/aromatic N) is 1. The molecule has 0 aliphatic carbocycles. The molecule has 3 aromatic rings. The third kappa shape index (κ3) is 3.52. The predicted octanol–water partition coefficient (Wildman–Crippen LogP) is 5.45. The van der Waals surface area contributed by atoms with Crippen molar-refractivity contribution in [1.29, 1.82) is 0 Å². The highest BCUT2D eigenvalue weighted by molar-refractivity contribution is 7.14. The highest BCUT2D eigenvalue weighted by Crippen LogP contribution is 2.32. The average Bonchev–Trinajstić information content (AvgIpc) is 2.99. The van der Waals surface area contributed by atoms with Crippen LogP contribution in [0.2, 0.25) is 10.0 Å². The third-order valence-electron chi connectivity index (χ3n) is 3.20. The summed E-state index contributed by atoms with van der Waals surface area (Å²) in [6.07, 6.45) is 0. The minimum atomic E-state index is 0.536. The van der Waals surface area contributed by atoms with Gasteiger partial charge in [0.15, 0.2) is 5.13 Å². The number of halogens is 2. The van der Waals surface area contributed by atoms with Gasteiger partial charge in [-0.05, 0) is 30.3 Å². The van der Waals surface area contributed by atoms with Crippen LogP contribution in [0.4, 0.5) is 16.5 Å². The highest BCUT2D eigenvalue weighted by Gasteiger charge is 2.08. The van der Waals surface area contributed by atoms with Gasteiger partial charge in [0.25, 0.3) is 0 Å². The van der Waals surface area contributed by atoms with Crippen LogP contribution in [0.15, 0.2) is 41.8 Å². The second-order valence-corrected chi connectivity index (χ2v) is 6.42. The van der Waals surface area contributed by atoms with Crippen LogP contribution >= 0.6 is 34.5 Å². The second kappa shape index (κ2) is 6.66. The number of aromatic nitrogens is 1. The molecular formula is C16H13Cl2N3OS. The first kappa shape index (κ1) is 15.9. The fourth-order valence-electron chi connectivity index (χ4n) is 2.03. The van der Waals surface area contributed by atoms with E-state index in [-0.39, 0.29) is 0 Å². The van der Waals surface area contributed by atoms with E-state index >= 15 is 0 Å². The fraction of sp³-hybridized carbons (Fsp3) is 0.0625. The second-order valence-electron chi connectivity index (χ2n) is 4.75. The number of nitrogens with one attached hydrogen (secondary N) is 1. The van der Waals surface area contributed by atoms with E-state index in [1.54, 1.807) is 25.3 Å². The lowest BCUT2D eigenvalue weighted by Crippen LogP contribution is -1.91. The predicted molar refractivity (Wildman–Crippen MR) is 98.3 cm³/mol. The molecular weight excluding hydrogens is 353 g/mol. The first-order valence-corrected chi connectivity index (χ1v) is 8.32. The molecule has 4 nitrogen and oxygen atoms in total. The number of thiazole rings is 1. The van der Waals surface area contributed by atoms with Crippen molar-refractivity contribution in [2.24, 2.45) is 0 Å². The summed E-state index contributed by atoms with van der Waals surface area (Å²) < 4.78 is 5.14. The lowest BCUT2D eigenvalue weighted by molar-refractivity contribution is 0.415. The van der Waals surface area contributed by atoms with Crippen molar-refractivity contribution in [2.45, 2.75) is 0 Å². The van der Waals surface area contributed by atoms with Gasteiger partial charge in [-0.2, -0.15) is 0 Å². The number of hydrogen-bond acceptors (Lipinski definition) is 5. The molecule has 1 aromatic heterocycles. The molecule has 0 atom stereocenters. The van der Waals surface area contributed by atoms with Gasteiger partial charge in [0, 0.05) is 16.6 Å². The third-order valence-corrected chi connectivity index (χ3v) is 4.60. The molecule has 1 heterocycles. The topological polar surface area (TPSA) is 60.2 Å². The van der Waals surface area contributed by atoms with Gasteiger partial charge in [-0.25, -0.2) is 4.98 Å². The zero-order valence-corrected chi connectivity index (χ0v) is 14.5. The molecule has 0 aliphatic heterocycles. The number of rotatable bonds is 4. The largest absolute Gasteiger partial charge is 0.495 e. The number of benzene rings is 2. The Morgan fingerprint density at radius 1 is 1.13 bits per heavy atom. The van der Waals surface area contributed by atoms with Gasteiger partial charge < -0.3 is 15.8 Å². The summed E-state index contributed by atoms with van der Waals surface area (Å²) >= 11 is 13.6. The number of nitrogen functional groups attached to an aromatic ring is 1. The van der Waals surface area contributed by atoms with Gasteiger partial charge >= 0.3 is 0 Å². The van der Waals surface area contributed by atoms with Crippen LogP contribution in [0.1, 0.15) is 0 Å². The maximum Gasteiger partial charge on any atom is 0.187 e. The molecule has 3 N–H and O–H groups in total. The van der Waals surface area contributed by atoms with Gasteiger partial charge in [0.05, 0.1) is 28.5 Å². The normalized spacial score (nSPS) is 10.6. The number of ether oxygens (including phenoxy) is 1. The van der Waals surface area contributed by atoms with Crippen molar-refractivity contribution in [2.75, 3.05) is 18.2 Å². The molecule has 0 radical (unpaired) electrons. The van der Waals surface area contributed by atoms with Crippen LogP contribution in [-0.4, -0.2) is 12.1 Å². The van der Waals surface area contributed by atoms with Crippen LogP contribution in [0.5, 0.6) is 5.75 Å². The molecule has 23 heavy (non-hydrogen) atoms. The van der Waals surface area contributed by atoms with Crippen LogP contribution < -0.4 is 15.8 Å². The Hall–Kier alpha value is -1.95. The first-order valence-electron chi connectivity index (χ1n) is 6.68. The summed E-state index contributed by atoms with van der Waals surface area (Å²) in [4.78, 5) is 4.55. The minimum absolute atomic E-state index is 0.536. The van der Waals surface area contributed by atoms with E-state index in [2.05, 4.69) is 10.3 Å². The molecule has 2 aromatic carbocycles. The zero-order chi connectivity index (χ0) is 16.4. The zero-order valence-electron chi connectivity index (χ0n) is 12.1. The van der Waals surface area contributed by atoms with Gasteiger partial charge in [0.1, 0.15) is 5.75 Å². The van der Waals surface area contributed by atoms with Gasteiger partial charge in [-0.1, -0.05) is 29.3 Å². The van der Waals surface area contributed by atoms with E-state index in [9.17, 15) is 0 Å². The molecule has 0 aliphatic rings. The lowest BCUT2D eigenvalue weighted by atomic mass is 10.1. The summed E-state index contributed by atoms with van der Waals surface area (Å²) in [5.74, 6) is 0.633. The van der Waals surface area contributed by atoms with E-state index in [0.29, 0.717) is 21.5 Å². The molecule has 3 rings (SSSR count). The Morgan fingerprint density at radius 2 is 1.96 bits per heavy atom. The quantitative estimate of drug-likeness (QED) is 0.603. The first-order chi connectivity index (χ1) is 11.1. The maximum absolute atomic E-state index is 6.12. The molecule has 0 unspecified atom stereocenters. The van der Waals surface area contributed by atoms with Crippen LogP contribution in [-0.2, 0) is 0 Å². The monoisotopic (exact) mass is 365 g/mol. The molecule has 0 saturated carbocycles.